The van der Waals surface area contributed by atoms with Gasteiger partial charge in [-0.2, -0.15) is 0 Å². The fourth-order valence-electron chi connectivity index (χ4n) is 1.76. The SMILES string of the molecule is Cc1ccccc1OCC#CC1=CC(F)=C(O)CC1. The standard InChI is InChI=1S/C16H15FO2/c1-12-5-2-3-7-16(12)19-10-4-6-13-8-9-15(18)14(17)11-13/h2-3,5,7,11,18H,8-10H2,1H3. The minimum Gasteiger partial charge on any atom is -0.509 e. The Morgan fingerprint density at radius 3 is 2.84 bits per heavy atom. The zero-order valence-corrected chi connectivity index (χ0v) is 10.7. The van der Waals surface area contributed by atoms with Crippen LogP contribution in [0.2, 0.25) is 0 Å². The molecule has 0 amide bonds. The monoisotopic (exact) mass is 258 g/mol. The van der Waals surface area contributed by atoms with Crippen LogP contribution < -0.4 is 4.74 Å². The van der Waals surface area contributed by atoms with E-state index in [9.17, 15) is 4.39 Å². The second-order valence-corrected chi connectivity index (χ2v) is 4.32. The molecule has 0 radical (unpaired) electrons. The lowest BCUT2D eigenvalue weighted by molar-refractivity contribution is 0.360. The molecule has 0 aliphatic heterocycles. The maximum Gasteiger partial charge on any atom is 0.161 e. The number of aliphatic hydroxyl groups excluding tert-OH is 1. The second kappa shape index (κ2) is 6.10. The van der Waals surface area contributed by atoms with Crippen molar-refractivity contribution in [3.05, 3.63) is 53.1 Å². The quantitative estimate of drug-likeness (QED) is 0.817. The summed E-state index contributed by atoms with van der Waals surface area (Å²) in [6.07, 6.45) is 2.15. The number of para-hydroxylation sites is 1. The Balaban J connectivity index is 1.93. The first-order valence-electron chi connectivity index (χ1n) is 6.12. The first kappa shape index (κ1) is 13.2. The van der Waals surface area contributed by atoms with Gasteiger partial charge in [0.15, 0.2) is 5.83 Å². The molecular weight excluding hydrogens is 243 g/mol. The van der Waals surface area contributed by atoms with Crippen molar-refractivity contribution < 1.29 is 14.2 Å². The fraction of sp³-hybridized carbons (Fsp3) is 0.250. The molecule has 1 N–H and O–H groups in total. The molecule has 98 valence electrons. The van der Waals surface area contributed by atoms with Crippen LogP contribution in [0.15, 0.2) is 47.5 Å². The Morgan fingerprint density at radius 1 is 1.32 bits per heavy atom. The van der Waals surface area contributed by atoms with Gasteiger partial charge < -0.3 is 9.84 Å². The van der Waals surface area contributed by atoms with Gasteiger partial charge in [-0.05, 0) is 31.1 Å². The number of halogens is 1. The van der Waals surface area contributed by atoms with Gasteiger partial charge in [-0.15, -0.1) is 0 Å². The average Bonchev–Trinajstić information content (AvgIpc) is 2.40. The average molecular weight is 258 g/mol. The summed E-state index contributed by atoms with van der Waals surface area (Å²) in [6.45, 7) is 2.23. The summed E-state index contributed by atoms with van der Waals surface area (Å²) in [7, 11) is 0. The molecule has 0 fully saturated rings. The van der Waals surface area contributed by atoms with E-state index in [0.29, 0.717) is 18.4 Å². The number of aliphatic hydroxyl groups is 1. The van der Waals surface area contributed by atoms with E-state index in [1.54, 1.807) is 0 Å². The summed E-state index contributed by atoms with van der Waals surface area (Å²) in [4.78, 5) is 0. The molecule has 0 aromatic heterocycles. The Kier molecular flexibility index (Phi) is 4.25. The van der Waals surface area contributed by atoms with Crippen LogP contribution in [-0.2, 0) is 0 Å². The van der Waals surface area contributed by atoms with E-state index in [2.05, 4.69) is 11.8 Å². The molecule has 2 nitrogen and oxygen atoms in total. The van der Waals surface area contributed by atoms with Gasteiger partial charge in [0.2, 0.25) is 0 Å². The lowest BCUT2D eigenvalue weighted by atomic mass is 10.0. The van der Waals surface area contributed by atoms with Gasteiger partial charge in [0, 0.05) is 12.0 Å². The van der Waals surface area contributed by atoms with Gasteiger partial charge in [-0.3, -0.25) is 0 Å². The van der Waals surface area contributed by atoms with Gasteiger partial charge >= 0.3 is 0 Å². The van der Waals surface area contributed by atoms with Crippen molar-refractivity contribution in [2.24, 2.45) is 0 Å². The Bertz CT molecular complexity index is 588. The van der Waals surface area contributed by atoms with Gasteiger partial charge in [0.1, 0.15) is 18.1 Å². The first-order chi connectivity index (χ1) is 9.16. The number of aryl methyl sites for hydroxylation is 1. The molecule has 0 atom stereocenters. The van der Waals surface area contributed by atoms with E-state index in [-0.39, 0.29) is 12.4 Å². The van der Waals surface area contributed by atoms with Crippen LogP contribution in [0.4, 0.5) is 4.39 Å². The van der Waals surface area contributed by atoms with Crippen molar-refractivity contribution in [1.29, 1.82) is 0 Å². The molecule has 0 saturated heterocycles. The van der Waals surface area contributed by atoms with Crippen LogP contribution in [-0.4, -0.2) is 11.7 Å². The smallest absolute Gasteiger partial charge is 0.161 e. The highest BCUT2D eigenvalue weighted by atomic mass is 19.1. The minimum atomic E-state index is -0.588. The van der Waals surface area contributed by atoms with Crippen LogP contribution in [0, 0.1) is 18.8 Å². The molecule has 3 heteroatoms. The summed E-state index contributed by atoms with van der Waals surface area (Å²) < 4.78 is 18.6. The third-order valence-electron chi connectivity index (χ3n) is 2.85. The zero-order valence-electron chi connectivity index (χ0n) is 10.7. The molecule has 1 aromatic carbocycles. The Morgan fingerprint density at radius 2 is 2.11 bits per heavy atom. The van der Waals surface area contributed by atoms with E-state index < -0.39 is 5.83 Å². The Labute approximate surface area is 112 Å². The molecule has 0 unspecified atom stereocenters. The summed E-state index contributed by atoms with van der Waals surface area (Å²) in [6, 6.07) is 7.71. The molecule has 1 aliphatic rings. The van der Waals surface area contributed by atoms with Crippen LogP contribution >= 0.6 is 0 Å². The summed E-state index contributed by atoms with van der Waals surface area (Å²) in [5.41, 5.74) is 1.74. The van der Waals surface area contributed by atoms with Crippen molar-refractivity contribution in [2.45, 2.75) is 19.8 Å². The zero-order chi connectivity index (χ0) is 13.7. The molecule has 1 aliphatic carbocycles. The molecular formula is C16H15FO2. The van der Waals surface area contributed by atoms with Crippen LogP contribution in [0.25, 0.3) is 0 Å². The highest BCUT2D eigenvalue weighted by Gasteiger charge is 2.10. The topological polar surface area (TPSA) is 29.5 Å². The first-order valence-corrected chi connectivity index (χ1v) is 6.12. The van der Waals surface area contributed by atoms with Crippen LogP contribution in [0.1, 0.15) is 18.4 Å². The van der Waals surface area contributed by atoms with E-state index in [1.165, 1.54) is 6.08 Å². The van der Waals surface area contributed by atoms with Crippen molar-refractivity contribution in [1.82, 2.24) is 0 Å². The van der Waals surface area contributed by atoms with Crippen LogP contribution in [0.5, 0.6) is 5.75 Å². The molecule has 19 heavy (non-hydrogen) atoms. The molecule has 2 rings (SSSR count). The summed E-state index contributed by atoms with van der Waals surface area (Å²) in [5.74, 6) is 5.74. The largest absolute Gasteiger partial charge is 0.509 e. The number of ether oxygens (including phenoxy) is 1. The highest BCUT2D eigenvalue weighted by Crippen LogP contribution is 2.22. The maximum absolute atomic E-state index is 13.1. The lowest BCUT2D eigenvalue weighted by Crippen LogP contribution is -1.97. The number of benzene rings is 1. The van der Waals surface area contributed by atoms with E-state index in [0.717, 1.165) is 11.3 Å². The molecule has 0 heterocycles. The highest BCUT2D eigenvalue weighted by molar-refractivity contribution is 5.38. The molecule has 0 spiro atoms. The predicted molar refractivity (Wildman–Crippen MR) is 72.5 cm³/mol. The lowest BCUT2D eigenvalue weighted by Gasteiger charge is -2.07. The third-order valence-corrected chi connectivity index (χ3v) is 2.85. The molecule has 0 saturated carbocycles. The number of hydrogen-bond donors (Lipinski definition) is 1. The van der Waals surface area contributed by atoms with Gasteiger partial charge in [-0.25, -0.2) is 4.39 Å². The predicted octanol–water partition coefficient (Wildman–Crippen LogP) is 3.84. The van der Waals surface area contributed by atoms with Crippen molar-refractivity contribution in [3.63, 3.8) is 0 Å². The minimum absolute atomic E-state index is 0.193. The van der Waals surface area contributed by atoms with Crippen LogP contribution in [0.3, 0.4) is 0 Å². The normalized spacial score (nSPS) is 14.5. The summed E-state index contributed by atoms with van der Waals surface area (Å²) in [5, 5.41) is 9.13. The van der Waals surface area contributed by atoms with Crippen molar-refractivity contribution >= 4 is 0 Å². The van der Waals surface area contributed by atoms with Gasteiger partial charge in [0.25, 0.3) is 0 Å². The van der Waals surface area contributed by atoms with Crippen molar-refractivity contribution in [2.75, 3.05) is 6.61 Å². The van der Waals surface area contributed by atoms with E-state index >= 15 is 0 Å². The van der Waals surface area contributed by atoms with Crippen molar-refractivity contribution in [3.8, 4) is 17.6 Å². The summed E-state index contributed by atoms with van der Waals surface area (Å²) >= 11 is 0. The molecule has 1 aromatic rings. The molecule has 0 bridgehead atoms. The number of allylic oxidation sites excluding steroid dienone is 4. The third kappa shape index (κ3) is 3.62. The number of hydrogen-bond acceptors (Lipinski definition) is 2. The van der Waals surface area contributed by atoms with E-state index in [4.69, 9.17) is 9.84 Å². The fourth-order valence-corrected chi connectivity index (χ4v) is 1.76. The van der Waals surface area contributed by atoms with Gasteiger partial charge in [-0.1, -0.05) is 30.0 Å². The second-order valence-electron chi connectivity index (χ2n) is 4.32. The maximum atomic E-state index is 13.1. The number of rotatable bonds is 2. The van der Waals surface area contributed by atoms with Gasteiger partial charge in [0.05, 0.1) is 0 Å². The Hall–Kier alpha value is -2.21. The van der Waals surface area contributed by atoms with E-state index in [1.807, 2.05) is 31.2 Å².